The van der Waals surface area contributed by atoms with Gasteiger partial charge < -0.3 is 10.1 Å². The summed E-state index contributed by atoms with van der Waals surface area (Å²) < 4.78 is 5.77. The quantitative estimate of drug-likeness (QED) is 0.798. The fraction of sp³-hybridized carbons (Fsp3) is 0.381. The molecule has 0 spiro atoms. The van der Waals surface area contributed by atoms with E-state index in [0.717, 1.165) is 34.5 Å². The van der Waals surface area contributed by atoms with E-state index < -0.39 is 0 Å². The number of rotatable bonds is 6. The van der Waals surface area contributed by atoms with Crippen LogP contribution in [-0.2, 0) is 4.79 Å². The molecular weight excluding hydrogens is 298 g/mol. The lowest BCUT2D eigenvalue weighted by Crippen LogP contribution is -2.21. The lowest BCUT2D eigenvalue weighted by molar-refractivity contribution is -0.118. The van der Waals surface area contributed by atoms with Crippen molar-refractivity contribution < 1.29 is 9.53 Å². The maximum atomic E-state index is 12.3. The van der Waals surface area contributed by atoms with Crippen molar-refractivity contribution in [2.24, 2.45) is 0 Å². The Bertz CT molecular complexity index is 699. The number of carbonyl (C=O) groups is 1. The van der Waals surface area contributed by atoms with Crippen LogP contribution in [0.15, 0.2) is 36.4 Å². The Morgan fingerprint density at radius 3 is 2.38 bits per heavy atom. The van der Waals surface area contributed by atoms with Gasteiger partial charge in [0, 0.05) is 5.69 Å². The van der Waals surface area contributed by atoms with E-state index in [1.807, 2.05) is 32.0 Å². The molecule has 0 saturated heterocycles. The van der Waals surface area contributed by atoms with Crippen LogP contribution in [0.4, 0.5) is 5.69 Å². The largest absolute Gasteiger partial charge is 0.483 e. The van der Waals surface area contributed by atoms with Crippen molar-refractivity contribution in [1.29, 1.82) is 0 Å². The van der Waals surface area contributed by atoms with Gasteiger partial charge >= 0.3 is 0 Å². The Labute approximate surface area is 145 Å². The van der Waals surface area contributed by atoms with Gasteiger partial charge in [0.1, 0.15) is 5.75 Å². The molecule has 0 aliphatic rings. The molecule has 0 heterocycles. The van der Waals surface area contributed by atoms with Crippen LogP contribution < -0.4 is 10.1 Å². The predicted octanol–water partition coefficient (Wildman–Crippen LogP) is 5.14. The van der Waals surface area contributed by atoms with E-state index in [4.69, 9.17) is 4.74 Å². The highest BCUT2D eigenvalue weighted by Crippen LogP contribution is 2.27. The van der Waals surface area contributed by atoms with Gasteiger partial charge in [0.2, 0.25) is 0 Å². The molecule has 0 unspecified atom stereocenters. The second-order valence-corrected chi connectivity index (χ2v) is 6.46. The van der Waals surface area contributed by atoms with E-state index >= 15 is 0 Å². The van der Waals surface area contributed by atoms with Gasteiger partial charge in [-0.3, -0.25) is 4.79 Å². The number of para-hydroxylation sites is 1. The molecule has 1 atom stereocenters. The highest BCUT2D eigenvalue weighted by Gasteiger charge is 2.12. The molecule has 0 fully saturated rings. The zero-order valence-electron chi connectivity index (χ0n) is 15.3. The van der Waals surface area contributed by atoms with Gasteiger partial charge in [-0.1, -0.05) is 49.7 Å². The Morgan fingerprint density at radius 2 is 1.75 bits per heavy atom. The molecule has 0 saturated carbocycles. The maximum absolute atomic E-state index is 12.3. The van der Waals surface area contributed by atoms with E-state index in [-0.39, 0.29) is 12.5 Å². The van der Waals surface area contributed by atoms with Gasteiger partial charge in [-0.2, -0.15) is 0 Å². The van der Waals surface area contributed by atoms with Crippen molar-refractivity contribution in [2.45, 2.75) is 47.0 Å². The van der Waals surface area contributed by atoms with Crippen LogP contribution >= 0.6 is 0 Å². The molecule has 2 aromatic carbocycles. The number of carbonyl (C=O) groups excluding carboxylic acids is 1. The summed E-state index contributed by atoms with van der Waals surface area (Å²) in [7, 11) is 0. The number of amides is 1. The Hall–Kier alpha value is -2.29. The van der Waals surface area contributed by atoms with E-state index in [2.05, 4.69) is 44.3 Å². The number of ether oxygens (including phenoxy) is 1. The zero-order chi connectivity index (χ0) is 17.7. The van der Waals surface area contributed by atoms with Crippen molar-refractivity contribution in [3.05, 3.63) is 58.7 Å². The lowest BCUT2D eigenvalue weighted by atomic mass is 9.97. The number of hydrogen-bond donors (Lipinski definition) is 1. The third-order valence-corrected chi connectivity index (χ3v) is 4.33. The molecule has 0 aliphatic carbocycles. The lowest BCUT2D eigenvalue weighted by Gasteiger charge is -2.16. The molecular formula is C21H27NO2. The average Bonchev–Trinajstić information content (AvgIpc) is 2.53. The van der Waals surface area contributed by atoms with Crippen LogP contribution in [0, 0.1) is 20.8 Å². The third kappa shape index (κ3) is 4.38. The van der Waals surface area contributed by atoms with E-state index in [9.17, 15) is 4.79 Å². The predicted molar refractivity (Wildman–Crippen MR) is 99.9 cm³/mol. The monoisotopic (exact) mass is 325 g/mol. The minimum absolute atomic E-state index is 0.0135. The molecule has 2 aromatic rings. The standard InChI is InChI=1S/C21H27NO2/c1-6-15(3)18-9-7-8-10-19(18)22-20(23)13-24-21-16(4)11-14(2)12-17(21)5/h7-12,15H,6,13H2,1-5H3,(H,22,23)/t15-/m0/s1. The highest BCUT2D eigenvalue weighted by atomic mass is 16.5. The van der Waals surface area contributed by atoms with E-state index in [1.54, 1.807) is 0 Å². The molecule has 0 radical (unpaired) electrons. The molecule has 3 heteroatoms. The first kappa shape index (κ1) is 18.1. The fourth-order valence-corrected chi connectivity index (χ4v) is 2.98. The number of hydrogen-bond acceptors (Lipinski definition) is 2. The minimum atomic E-state index is -0.134. The molecule has 24 heavy (non-hydrogen) atoms. The van der Waals surface area contributed by atoms with Crippen LogP contribution in [0.5, 0.6) is 5.75 Å². The summed E-state index contributed by atoms with van der Waals surface area (Å²) >= 11 is 0. The van der Waals surface area contributed by atoms with Gasteiger partial charge in [-0.25, -0.2) is 0 Å². The molecule has 0 bridgehead atoms. The number of aryl methyl sites for hydroxylation is 3. The summed E-state index contributed by atoms with van der Waals surface area (Å²) in [5.41, 5.74) is 5.35. The van der Waals surface area contributed by atoms with Crippen LogP contribution in [0.2, 0.25) is 0 Å². The molecule has 0 aliphatic heterocycles. The second kappa shape index (κ2) is 8.00. The van der Waals surface area contributed by atoms with Crippen LogP contribution in [0.3, 0.4) is 0 Å². The Morgan fingerprint density at radius 1 is 1.12 bits per heavy atom. The van der Waals surface area contributed by atoms with Gasteiger partial charge in [-0.15, -0.1) is 0 Å². The maximum Gasteiger partial charge on any atom is 0.262 e. The molecule has 1 N–H and O–H groups in total. The normalized spacial score (nSPS) is 11.9. The van der Waals surface area contributed by atoms with Crippen molar-refractivity contribution in [3.63, 3.8) is 0 Å². The molecule has 0 aromatic heterocycles. The first-order chi connectivity index (χ1) is 11.4. The Kier molecular flexibility index (Phi) is 6.02. The van der Waals surface area contributed by atoms with Crippen molar-refractivity contribution >= 4 is 11.6 Å². The molecule has 1 amide bonds. The summed E-state index contributed by atoms with van der Waals surface area (Å²) in [4.78, 5) is 12.3. The van der Waals surface area contributed by atoms with Gasteiger partial charge in [0.05, 0.1) is 0 Å². The summed E-state index contributed by atoms with van der Waals surface area (Å²) in [6, 6.07) is 12.1. The van der Waals surface area contributed by atoms with E-state index in [0.29, 0.717) is 5.92 Å². The topological polar surface area (TPSA) is 38.3 Å². The average molecular weight is 325 g/mol. The zero-order valence-corrected chi connectivity index (χ0v) is 15.3. The van der Waals surface area contributed by atoms with Crippen LogP contribution in [-0.4, -0.2) is 12.5 Å². The first-order valence-corrected chi connectivity index (χ1v) is 8.51. The first-order valence-electron chi connectivity index (χ1n) is 8.51. The summed E-state index contributed by atoms with van der Waals surface area (Å²) in [6.07, 6.45) is 1.03. The van der Waals surface area contributed by atoms with Crippen molar-refractivity contribution in [2.75, 3.05) is 11.9 Å². The summed E-state index contributed by atoms with van der Waals surface area (Å²) in [5.74, 6) is 1.07. The van der Waals surface area contributed by atoms with Gasteiger partial charge in [-0.05, 0) is 55.9 Å². The second-order valence-electron chi connectivity index (χ2n) is 6.46. The third-order valence-electron chi connectivity index (χ3n) is 4.33. The van der Waals surface area contributed by atoms with Crippen LogP contribution in [0.25, 0.3) is 0 Å². The molecule has 128 valence electrons. The number of benzene rings is 2. The smallest absolute Gasteiger partial charge is 0.262 e. The summed E-state index contributed by atoms with van der Waals surface area (Å²) in [6.45, 7) is 10.4. The minimum Gasteiger partial charge on any atom is -0.483 e. The van der Waals surface area contributed by atoms with Crippen LogP contribution in [0.1, 0.15) is 48.4 Å². The molecule has 3 nitrogen and oxygen atoms in total. The fourth-order valence-electron chi connectivity index (χ4n) is 2.98. The highest BCUT2D eigenvalue weighted by molar-refractivity contribution is 5.92. The molecule has 2 rings (SSSR count). The van der Waals surface area contributed by atoms with Gasteiger partial charge in [0.15, 0.2) is 6.61 Å². The SMILES string of the molecule is CC[C@H](C)c1ccccc1NC(=O)COc1c(C)cc(C)cc1C. The van der Waals surface area contributed by atoms with E-state index in [1.165, 1.54) is 5.56 Å². The van der Waals surface area contributed by atoms with Crippen molar-refractivity contribution in [3.8, 4) is 5.75 Å². The Balaban J connectivity index is 2.05. The van der Waals surface area contributed by atoms with Gasteiger partial charge in [0.25, 0.3) is 5.91 Å². The van der Waals surface area contributed by atoms with Crippen molar-refractivity contribution in [1.82, 2.24) is 0 Å². The summed E-state index contributed by atoms with van der Waals surface area (Å²) in [5, 5.41) is 2.98. The number of nitrogens with one attached hydrogen (secondary N) is 1. The number of anilines is 1.